The molecule has 3 heterocycles. The van der Waals surface area contributed by atoms with Crippen LogP contribution in [0.4, 0.5) is 0 Å². The van der Waals surface area contributed by atoms with Gasteiger partial charge < -0.3 is 38.9 Å². The van der Waals surface area contributed by atoms with Gasteiger partial charge in [-0.05, 0) is 18.2 Å². The van der Waals surface area contributed by atoms with E-state index in [4.69, 9.17) is 23.8 Å². The van der Waals surface area contributed by atoms with Crippen LogP contribution in [-0.2, 0) is 20.1 Å². The molecule has 16 heteroatoms. The Morgan fingerprint density at radius 1 is 1.00 bits per heavy atom. The standard InChI is InChI=1S/C21H23N3O11P2/c25-17-7-9-23(20-19(27)18(26)16(34-20)12-32-37(31)35-36(29)30)21(28)24(17)11-13-10-15(6-8-22-13)33-14-4-2-1-3-5-14/h1-10,16,18-20,26-27,29-31H,11-12H2. The lowest BCUT2D eigenvalue weighted by Gasteiger charge is -2.19. The molecule has 2 aromatic heterocycles. The molecule has 0 radical (unpaired) electrons. The Kier molecular flexibility index (Phi) is 9.11. The maximum Gasteiger partial charge on any atom is 0.337 e. The van der Waals surface area contributed by atoms with E-state index in [2.05, 4.69) is 9.29 Å². The van der Waals surface area contributed by atoms with Crippen molar-refractivity contribution in [3.63, 3.8) is 0 Å². The summed E-state index contributed by atoms with van der Waals surface area (Å²) in [6, 6.07) is 13.3. The molecule has 5 atom stereocenters. The van der Waals surface area contributed by atoms with Crippen LogP contribution in [0.2, 0.25) is 0 Å². The minimum Gasteiger partial charge on any atom is -0.457 e. The van der Waals surface area contributed by atoms with Crippen molar-refractivity contribution in [1.82, 2.24) is 14.1 Å². The first-order valence-corrected chi connectivity index (χ1v) is 13.0. The van der Waals surface area contributed by atoms with Crippen molar-refractivity contribution >= 4 is 17.2 Å². The second-order valence-corrected chi connectivity index (χ2v) is 9.63. The monoisotopic (exact) mass is 555 g/mol. The van der Waals surface area contributed by atoms with Gasteiger partial charge in [0.15, 0.2) is 6.23 Å². The Labute approximate surface area is 211 Å². The zero-order chi connectivity index (χ0) is 26.5. The summed E-state index contributed by atoms with van der Waals surface area (Å²) in [5.41, 5.74) is -1.10. The predicted octanol–water partition coefficient (Wildman–Crippen LogP) is 0.329. The minimum absolute atomic E-state index is 0.208. The molecule has 1 aliphatic heterocycles. The Morgan fingerprint density at radius 3 is 2.49 bits per heavy atom. The van der Waals surface area contributed by atoms with Gasteiger partial charge >= 0.3 is 22.9 Å². The third kappa shape index (κ3) is 6.83. The van der Waals surface area contributed by atoms with Crippen molar-refractivity contribution in [1.29, 1.82) is 0 Å². The first-order chi connectivity index (χ1) is 17.7. The summed E-state index contributed by atoms with van der Waals surface area (Å²) < 4.78 is 22.3. The summed E-state index contributed by atoms with van der Waals surface area (Å²) in [6.07, 6.45) is -3.11. The normalized spacial score (nSPS) is 22.3. The topological polar surface area (TPSA) is 195 Å². The molecule has 37 heavy (non-hydrogen) atoms. The fraction of sp³-hybridized carbons (Fsp3) is 0.286. The molecule has 5 N–H and O–H groups in total. The lowest BCUT2D eigenvalue weighted by Crippen LogP contribution is -2.43. The first-order valence-electron chi connectivity index (χ1n) is 10.7. The van der Waals surface area contributed by atoms with Gasteiger partial charge in [-0.1, -0.05) is 18.2 Å². The first kappa shape index (κ1) is 27.4. The van der Waals surface area contributed by atoms with Gasteiger partial charge in [-0.3, -0.25) is 18.9 Å². The van der Waals surface area contributed by atoms with Crippen LogP contribution in [0, 0.1) is 0 Å². The molecule has 0 spiro atoms. The molecule has 1 saturated heterocycles. The highest BCUT2D eigenvalue weighted by atomic mass is 31.2. The number of aromatic nitrogens is 3. The maximum absolute atomic E-state index is 13.2. The van der Waals surface area contributed by atoms with Gasteiger partial charge in [0, 0.05) is 24.5 Å². The Balaban J connectivity index is 1.51. The van der Waals surface area contributed by atoms with E-state index in [1.54, 1.807) is 24.3 Å². The van der Waals surface area contributed by atoms with Crippen LogP contribution < -0.4 is 16.0 Å². The highest BCUT2D eigenvalue weighted by Crippen LogP contribution is 2.46. The number of hydrogen-bond donors (Lipinski definition) is 5. The molecule has 3 aromatic rings. The van der Waals surface area contributed by atoms with E-state index in [0.717, 1.165) is 21.4 Å². The van der Waals surface area contributed by atoms with Gasteiger partial charge in [-0.25, -0.2) is 9.11 Å². The molecule has 4 rings (SSSR count). The maximum atomic E-state index is 13.2. The number of aliphatic hydroxyl groups is 2. The Morgan fingerprint density at radius 2 is 1.76 bits per heavy atom. The van der Waals surface area contributed by atoms with Crippen LogP contribution in [0.1, 0.15) is 11.9 Å². The summed E-state index contributed by atoms with van der Waals surface area (Å²) in [6.45, 7) is -0.702. The quantitative estimate of drug-likeness (QED) is 0.216. The Bertz CT molecular complexity index is 1310. The SMILES string of the molecule is O=c1ccn(C2OC(COP(O)OP(O)O)C(O)C2O)c(=O)n1Cc1cc(Oc2ccccc2)ccn1. The van der Waals surface area contributed by atoms with Crippen molar-refractivity contribution in [2.45, 2.75) is 31.1 Å². The number of ether oxygens (including phenoxy) is 2. The molecule has 1 aliphatic rings. The summed E-state index contributed by atoms with van der Waals surface area (Å²) in [5, 5.41) is 20.8. The van der Waals surface area contributed by atoms with E-state index < -0.39 is 59.6 Å². The van der Waals surface area contributed by atoms with E-state index in [0.29, 0.717) is 17.2 Å². The van der Waals surface area contributed by atoms with E-state index in [9.17, 15) is 24.7 Å². The van der Waals surface area contributed by atoms with Gasteiger partial charge in [0.25, 0.3) is 5.56 Å². The van der Waals surface area contributed by atoms with Crippen molar-refractivity contribution in [2.75, 3.05) is 6.61 Å². The number of aliphatic hydroxyl groups excluding tert-OH is 2. The average molecular weight is 555 g/mol. The van der Waals surface area contributed by atoms with Gasteiger partial charge in [0.1, 0.15) is 29.8 Å². The highest BCUT2D eigenvalue weighted by molar-refractivity contribution is 7.54. The fourth-order valence-electron chi connectivity index (χ4n) is 3.58. The summed E-state index contributed by atoms with van der Waals surface area (Å²) in [5.74, 6) is 1.04. The number of benzene rings is 1. The molecule has 198 valence electrons. The Hall–Kier alpha value is -2.61. The molecular formula is C21H23N3O11P2. The zero-order valence-corrected chi connectivity index (χ0v) is 20.7. The third-order valence-corrected chi connectivity index (χ3v) is 6.80. The number of rotatable bonds is 10. The van der Waals surface area contributed by atoms with Crippen molar-refractivity contribution < 1.29 is 43.2 Å². The van der Waals surface area contributed by atoms with Gasteiger partial charge in [0.05, 0.1) is 18.8 Å². The number of para-hydroxylation sites is 1. The van der Waals surface area contributed by atoms with Crippen LogP contribution in [-0.4, -0.2) is 63.9 Å². The van der Waals surface area contributed by atoms with Crippen LogP contribution in [0.25, 0.3) is 0 Å². The molecule has 0 bridgehead atoms. The second kappa shape index (κ2) is 12.3. The molecule has 0 amide bonds. The van der Waals surface area contributed by atoms with Crippen molar-refractivity contribution in [3.05, 3.63) is 87.5 Å². The molecule has 1 fully saturated rings. The van der Waals surface area contributed by atoms with Crippen molar-refractivity contribution in [3.8, 4) is 11.5 Å². The molecular weight excluding hydrogens is 532 g/mol. The number of nitrogens with zero attached hydrogens (tertiary/aromatic N) is 3. The van der Waals surface area contributed by atoms with Gasteiger partial charge in [-0.15, -0.1) is 0 Å². The van der Waals surface area contributed by atoms with Crippen LogP contribution in [0.5, 0.6) is 11.5 Å². The highest BCUT2D eigenvalue weighted by Gasteiger charge is 2.44. The van der Waals surface area contributed by atoms with Crippen LogP contribution in [0.3, 0.4) is 0 Å². The third-order valence-electron chi connectivity index (χ3n) is 5.29. The summed E-state index contributed by atoms with van der Waals surface area (Å²) >= 11 is 0. The smallest absolute Gasteiger partial charge is 0.337 e. The number of pyridine rings is 1. The molecule has 0 aliphatic carbocycles. The van der Waals surface area contributed by atoms with Gasteiger partial charge in [0.2, 0.25) is 0 Å². The van der Waals surface area contributed by atoms with E-state index in [1.807, 2.05) is 18.2 Å². The number of hydrogen-bond acceptors (Lipinski definition) is 12. The summed E-state index contributed by atoms with van der Waals surface area (Å²) in [4.78, 5) is 56.8. The van der Waals surface area contributed by atoms with Crippen LogP contribution >= 0.6 is 17.2 Å². The van der Waals surface area contributed by atoms with Crippen LogP contribution in [0.15, 0.2) is 70.5 Å². The van der Waals surface area contributed by atoms with E-state index in [-0.39, 0.29) is 6.54 Å². The molecule has 14 nitrogen and oxygen atoms in total. The van der Waals surface area contributed by atoms with E-state index in [1.165, 1.54) is 6.20 Å². The molecule has 5 unspecified atom stereocenters. The molecule has 0 saturated carbocycles. The largest absolute Gasteiger partial charge is 0.457 e. The minimum atomic E-state index is -2.87. The van der Waals surface area contributed by atoms with E-state index >= 15 is 0 Å². The second-order valence-electron chi connectivity index (χ2n) is 7.74. The lowest BCUT2D eigenvalue weighted by atomic mass is 10.1. The van der Waals surface area contributed by atoms with Crippen molar-refractivity contribution in [2.24, 2.45) is 0 Å². The lowest BCUT2D eigenvalue weighted by molar-refractivity contribution is -0.0530. The summed E-state index contributed by atoms with van der Waals surface area (Å²) in [7, 11) is -5.54. The fourth-order valence-corrected chi connectivity index (χ4v) is 4.55. The van der Waals surface area contributed by atoms with Gasteiger partial charge in [-0.2, -0.15) is 0 Å². The molecule has 1 aromatic carbocycles. The predicted molar refractivity (Wildman–Crippen MR) is 128 cm³/mol. The average Bonchev–Trinajstić information content (AvgIpc) is 3.14. The zero-order valence-electron chi connectivity index (χ0n) is 18.9.